The van der Waals surface area contributed by atoms with Crippen molar-refractivity contribution in [3.63, 3.8) is 0 Å². The monoisotopic (exact) mass is 357 g/mol. The van der Waals surface area contributed by atoms with E-state index < -0.39 is 0 Å². The maximum atomic E-state index is 9.75. The number of aliphatic hydroxyl groups is 1. The van der Waals surface area contributed by atoms with E-state index >= 15 is 0 Å². The van der Waals surface area contributed by atoms with Crippen molar-refractivity contribution in [3.8, 4) is 16.2 Å². The molecule has 0 saturated carbocycles. The highest BCUT2D eigenvalue weighted by atomic mass is 32.1. The minimum atomic E-state index is 0.353. The Balaban J connectivity index is 1.96. The first-order valence-corrected chi connectivity index (χ1v) is 9.31. The van der Waals surface area contributed by atoms with Crippen LogP contribution in [0.5, 0.6) is 5.75 Å². The zero-order valence-electron chi connectivity index (χ0n) is 15.5. The van der Waals surface area contributed by atoms with Crippen LogP contribution in [0.15, 0.2) is 59.9 Å². The molecule has 0 aliphatic heterocycles. The van der Waals surface area contributed by atoms with Crippen molar-refractivity contribution in [1.29, 1.82) is 0 Å². The third-order valence-electron chi connectivity index (χ3n) is 3.79. The van der Waals surface area contributed by atoms with Crippen molar-refractivity contribution >= 4 is 11.3 Å². The molecular weight excluding hydrogens is 330 g/mol. The molecule has 25 heavy (non-hydrogen) atoms. The molecule has 2 rings (SSSR count). The van der Waals surface area contributed by atoms with E-state index in [1.165, 1.54) is 15.3 Å². The van der Waals surface area contributed by atoms with Gasteiger partial charge in [0.05, 0.1) is 7.11 Å². The van der Waals surface area contributed by atoms with Crippen molar-refractivity contribution < 1.29 is 9.84 Å². The standard InChI is InChI=1S/C21H27NO2S/c1-5-6-18(23)13-16(2)14-22(3)15-20-11-12-21(25-20)17-7-9-19(24-4)10-8-17/h6-13,23H,5,14-15H2,1-4H3/b16-13+,18-6+. The first kappa shape index (κ1) is 19.3. The van der Waals surface area contributed by atoms with E-state index in [0.29, 0.717) is 5.76 Å². The second-order valence-electron chi connectivity index (χ2n) is 6.19. The van der Waals surface area contributed by atoms with Crippen LogP contribution in [-0.2, 0) is 6.54 Å². The van der Waals surface area contributed by atoms with Gasteiger partial charge in [-0.25, -0.2) is 0 Å². The topological polar surface area (TPSA) is 32.7 Å². The number of likely N-dealkylation sites (N-methyl/N-ethyl adjacent to an activating group) is 1. The van der Waals surface area contributed by atoms with Crippen molar-refractivity contribution in [3.05, 3.63) is 64.8 Å². The number of thiophene rings is 1. The summed E-state index contributed by atoms with van der Waals surface area (Å²) in [5.41, 5.74) is 2.36. The average Bonchev–Trinajstić information content (AvgIpc) is 3.03. The highest BCUT2D eigenvalue weighted by Crippen LogP contribution is 2.30. The maximum Gasteiger partial charge on any atom is 0.118 e. The molecule has 0 unspecified atom stereocenters. The number of methoxy groups -OCH3 is 1. The van der Waals surface area contributed by atoms with Crippen molar-refractivity contribution in [1.82, 2.24) is 4.90 Å². The fraction of sp³-hybridized carbons (Fsp3) is 0.333. The van der Waals surface area contributed by atoms with Gasteiger partial charge in [-0.2, -0.15) is 0 Å². The normalized spacial score (nSPS) is 12.7. The van der Waals surface area contributed by atoms with Gasteiger partial charge in [-0.1, -0.05) is 12.5 Å². The Bertz CT molecular complexity index is 729. The van der Waals surface area contributed by atoms with Gasteiger partial charge in [0.15, 0.2) is 0 Å². The summed E-state index contributed by atoms with van der Waals surface area (Å²) in [6.45, 7) is 5.79. The number of allylic oxidation sites excluding steroid dienone is 2. The molecule has 0 saturated heterocycles. The molecule has 1 N–H and O–H groups in total. The number of benzene rings is 1. The molecule has 4 heteroatoms. The molecule has 0 spiro atoms. The molecular formula is C21H27NO2S. The SMILES string of the molecule is CC/C=C(O)\C=C(/C)CN(C)Cc1ccc(-c2ccc(OC)cc2)s1. The summed E-state index contributed by atoms with van der Waals surface area (Å²) in [6.07, 6.45) is 4.51. The van der Waals surface area contributed by atoms with E-state index in [2.05, 4.69) is 36.2 Å². The minimum Gasteiger partial charge on any atom is -0.508 e. The second kappa shape index (κ2) is 9.44. The molecule has 0 aliphatic carbocycles. The van der Waals surface area contributed by atoms with Crippen LogP contribution < -0.4 is 4.74 Å². The largest absolute Gasteiger partial charge is 0.508 e. The fourth-order valence-electron chi connectivity index (χ4n) is 2.69. The number of hydrogen-bond acceptors (Lipinski definition) is 4. The molecule has 0 bridgehead atoms. The Morgan fingerprint density at radius 3 is 2.56 bits per heavy atom. The summed E-state index contributed by atoms with van der Waals surface area (Å²) in [7, 11) is 3.78. The van der Waals surface area contributed by atoms with Crippen LogP contribution in [0.4, 0.5) is 0 Å². The number of aliphatic hydroxyl groups excluding tert-OH is 1. The minimum absolute atomic E-state index is 0.353. The summed E-state index contributed by atoms with van der Waals surface area (Å²) in [4.78, 5) is 4.85. The van der Waals surface area contributed by atoms with Crippen molar-refractivity contribution in [2.45, 2.75) is 26.8 Å². The Hall–Kier alpha value is -2.04. The van der Waals surface area contributed by atoms with E-state index in [9.17, 15) is 5.11 Å². The summed E-state index contributed by atoms with van der Waals surface area (Å²) < 4.78 is 5.21. The molecule has 1 heterocycles. The number of nitrogens with zero attached hydrogens (tertiary/aromatic N) is 1. The molecule has 3 nitrogen and oxygen atoms in total. The summed E-state index contributed by atoms with van der Waals surface area (Å²) in [6, 6.07) is 12.5. The Labute approximate surface area is 154 Å². The first-order chi connectivity index (χ1) is 12.0. The smallest absolute Gasteiger partial charge is 0.118 e. The summed E-state index contributed by atoms with van der Waals surface area (Å²) >= 11 is 1.81. The predicted octanol–water partition coefficient (Wildman–Crippen LogP) is 5.65. The lowest BCUT2D eigenvalue weighted by molar-refractivity contribution is 0.357. The van der Waals surface area contributed by atoms with E-state index in [-0.39, 0.29) is 0 Å². The molecule has 2 aromatic rings. The van der Waals surface area contributed by atoms with E-state index in [0.717, 1.165) is 30.8 Å². The number of rotatable bonds is 8. The van der Waals surface area contributed by atoms with Crippen LogP contribution in [0.3, 0.4) is 0 Å². The average molecular weight is 358 g/mol. The Kier molecular flexibility index (Phi) is 7.29. The van der Waals surface area contributed by atoms with Crippen LogP contribution in [0.25, 0.3) is 10.4 Å². The molecule has 1 aromatic heterocycles. The molecule has 134 valence electrons. The Morgan fingerprint density at radius 2 is 1.92 bits per heavy atom. The van der Waals surface area contributed by atoms with Crippen LogP contribution in [0.1, 0.15) is 25.1 Å². The highest BCUT2D eigenvalue weighted by Gasteiger charge is 2.07. The van der Waals surface area contributed by atoms with Crippen LogP contribution in [0, 0.1) is 0 Å². The summed E-state index contributed by atoms with van der Waals surface area (Å²) in [5.74, 6) is 1.23. The van der Waals surface area contributed by atoms with Crippen LogP contribution in [0.2, 0.25) is 0 Å². The molecule has 0 radical (unpaired) electrons. The maximum absolute atomic E-state index is 9.75. The van der Waals surface area contributed by atoms with Crippen molar-refractivity contribution in [2.24, 2.45) is 0 Å². The van der Waals surface area contributed by atoms with Gasteiger partial charge in [0.2, 0.25) is 0 Å². The van der Waals surface area contributed by atoms with Crippen molar-refractivity contribution in [2.75, 3.05) is 20.7 Å². The van der Waals surface area contributed by atoms with Crippen LogP contribution in [-0.4, -0.2) is 30.7 Å². The lowest BCUT2D eigenvalue weighted by atomic mass is 10.2. The Morgan fingerprint density at radius 1 is 1.20 bits per heavy atom. The molecule has 0 fully saturated rings. The zero-order valence-corrected chi connectivity index (χ0v) is 16.3. The van der Waals surface area contributed by atoms with Gasteiger partial charge in [0, 0.05) is 22.8 Å². The van der Waals surface area contributed by atoms with Gasteiger partial charge in [0.1, 0.15) is 11.5 Å². The summed E-state index contributed by atoms with van der Waals surface area (Å²) in [5, 5.41) is 9.75. The highest BCUT2D eigenvalue weighted by molar-refractivity contribution is 7.15. The van der Waals surface area contributed by atoms with Crippen LogP contribution >= 0.6 is 11.3 Å². The molecule has 0 amide bonds. The number of ether oxygens (including phenoxy) is 1. The third-order valence-corrected chi connectivity index (χ3v) is 4.91. The van der Waals surface area contributed by atoms with Gasteiger partial charge in [-0.15, -0.1) is 11.3 Å². The fourth-order valence-corrected chi connectivity index (χ4v) is 3.78. The molecule has 0 atom stereocenters. The number of hydrogen-bond donors (Lipinski definition) is 1. The van der Waals surface area contributed by atoms with Gasteiger partial charge in [-0.05, 0) is 74.5 Å². The van der Waals surface area contributed by atoms with Gasteiger partial charge < -0.3 is 9.84 Å². The molecule has 1 aromatic carbocycles. The third kappa shape index (κ3) is 6.07. The second-order valence-corrected chi connectivity index (χ2v) is 7.36. The lowest BCUT2D eigenvalue weighted by Gasteiger charge is -2.16. The predicted molar refractivity (Wildman–Crippen MR) is 107 cm³/mol. The van der Waals surface area contributed by atoms with Gasteiger partial charge >= 0.3 is 0 Å². The lowest BCUT2D eigenvalue weighted by Crippen LogP contribution is -2.19. The van der Waals surface area contributed by atoms with E-state index in [1.54, 1.807) is 7.11 Å². The quantitative estimate of drug-likeness (QED) is 0.489. The van der Waals surface area contributed by atoms with E-state index in [1.807, 2.05) is 49.5 Å². The van der Waals surface area contributed by atoms with Gasteiger partial charge in [-0.3, -0.25) is 4.90 Å². The van der Waals surface area contributed by atoms with Gasteiger partial charge in [0.25, 0.3) is 0 Å². The zero-order chi connectivity index (χ0) is 18.2. The van der Waals surface area contributed by atoms with E-state index in [4.69, 9.17) is 4.74 Å². The molecule has 0 aliphatic rings. The first-order valence-electron chi connectivity index (χ1n) is 8.49.